The Bertz CT molecular complexity index is 817. The summed E-state index contributed by atoms with van der Waals surface area (Å²) in [7, 11) is 1.65. The van der Waals surface area contributed by atoms with Crippen LogP contribution in [0.15, 0.2) is 45.3 Å². The molecule has 6 heteroatoms. The van der Waals surface area contributed by atoms with E-state index in [0.29, 0.717) is 5.88 Å². The van der Waals surface area contributed by atoms with Crippen LogP contribution in [0.3, 0.4) is 0 Å². The number of ether oxygens (including phenoxy) is 1. The quantitative estimate of drug-likeness (QED) is 0.528. The van der Waals surface area contributed by atoms with Crippen molar-refractivity contribution in [3.63, 3.8) is 0 Å². The number of nitrogens with zero attached hydrogens (tertiary/aromatic N) is 2. The van der Waals surface area contributed by atoms with Gasteiger partial charge in [0.15, 0.2) is 0 Å². The van der Waals surface area contributed by atoms with Crippen molar-refractivity contribution in [2.24, 2.45) is 0 Å². The molecule has 0 unspecified atom stereocenters. The second-order valence-corrected chi connectivity index (χ2v) is 6.54. The highest BCUT2D eigenvalue weighted by molar-refractivity contribution is 9.10. The lowest BCUT2D eigenvalue weighted by Gasteiger charge is -2.13. The molecule has 108 valence electrons. The zero-order valence-corrected chi connectivity index (χ0v) is 15.0. The first-order chi connectivity index (χ1) is 10.1. The van der Waals surface area contributed by atoms with E-state index in [4.69, 9.17) is 16.3 Å². The van der Waals surface area contributed by atoms with Crippen LogP contribution in [0.1, 0.15) is 5.82 Å². The lowest BCUT2D eigenvalue weighted by molar-refractivity contribution is 0.413. The van der Waals surface area contributed by atoms with Crippen molar-refractivity contribution in [3.05, 3.63) is 51.2 Å². The molecule has 3 nitrogen and oxygen atoms in total. The summed E-state index contributed by atoms with van der Waals surface area (Å²) in [5.41, 5.74) is 2.79. The number of hydrogen-bond donors (Lipinski definition) is 0. The standard InChI is InChI=1S/C15H11Br2ClN2O/c1-21-14-5-3-10(17)7-13(14)20-12-6-9(16)2-4-11(12)19-15(20)8-18/h2-7H,8H2,1H3. The van der Waals surface area contributed by atoms with Crippen molar-refractivity contribution in [2.75, 3.05) is 7.11 Å². The topological polar surface area (TPSA) is 27.1 Å². The summed E-state index contributed by atoms with van der Waals surface area (Å²) in [5, 5.41) is 0. The number of imidazole rings is 1. The normalized spacial score (nSPS) is 11.0. The fourth-order valence-electron chi connectivity index (χ4n) is 2.29. The second kappa shape index (κ2) is 5.99. The minimum absolute atomic E-state index is 0.321. The van der Waals surface area contributed by atoms with E-state index in [-0.39, 0.29) is 0 Å². The first-order valence-corrected chi connectivity index (χ1v) is 8.33. The first-order valence-electron chi connectivity index (χ1n) is 6.21. The zero-order valence-electron chi connectivity index (χ0n) is 11.1. The van der Waals surface area contributed by atoms with Gasteiger partial charge in [0.05, 0.1) is 29.7 Å². The Morgan fingerprint density at radius 1 is 1.14 bits per heavy atom. The molecule has 1 aromatic heterocycles. The second-order valence-electron chi connectivity index (χ2n) is 4.45. The Hall–Kier alpha value is -1.04. The molecule has 21 heavy (non-hydrogen) atoms. The van der Waals surface area contributed by atoms with Gasteiger partial charge in [0.2, 0.25) is 0 Å². The number of benzene rings is 2. The van der Waals surface area contributed by atoms with Gasteiger partial charge >= 0.3 is 0 Å². The molecular weight excluding hydrogens is 419 g/mol. The molecule has 0 saturated heterocycles. The van der Waals surface area contributed by atoms with E-state index in [2.05, 4.69) is 36.8 Å². The van der Waals surface area contributed by atoms with Gasteiger partial charge in [-0.1, -0.05) is 31.9 Å². The monoisotopic (exact) mass is 428 g/mol. The summed E-state index contributed by atoms with van der Waals surface area (Å²) in [6.45, 7) is 0. The molecule has 0 bridgehead atoms. The van der Waals surface area contributed by atoms with Crippen molar-refractivity contribution in [1.82, 2.24) is 9.55 Å². The van der Waals surface area contributed by atoms with E-state index in [1.165, 1.54) is 0 Å². The van der Waals surface area contributed by atoms with Crippen LogP contribution in [0.2, 0.25) is 0 Å². The van der Waals surface area contributed by atoms with Gasteiger partial charge in [-0.2, -0.15) is 0 Å². The van der Waals surface area contributed by atoms with Crippen LogP contribution in [0, 0.1) is 0 Å². The number of alkyl halides is 1. The highest BCUT2D eigenvalue weighted by atomic mass is 79.9. The minimum atomic E-state index is 0.321. The fraction of sp³-hybridized carbons (Fsp3) is 0.133. The number of aromatic nitrogens is 2. The molecule has 3 rings (SSSR count). The predicted molar refractivity (Wildman–Crippen MR) is 92.6 cm³/mol. The van der Waals surface area contributed by atoms with Gasteiger partial charge in [-0.25, -0.2) is 4.98 Å². The molecule has 3 aromatic rings. The van der Waals surface area contributed by atoms with Gasteiger partial charge in [-0.3, -0.25) is 4.57 Å². The number of methoxy groups -OCH3 is 1. The third-order valence-corrected chi connectivity index (χ3v) is 4.41. The van der Waals surface area contributed by atoms with E-state index >= 15 is 0 Å². The van der Waals surface area contributed by atoms with Crippen molar-refractivity contribution in [1.29, 1.82) is 0 Å². The lowest BCUT2D eigenvalue weighted by atomic mass is 10.2. The van der Waals surface area contributed by atoms with E-state index in [1.54, 1.807) is 7.11 Å². The van der Waals surface area contributed by atoms with Gasteiger partial charge in [0.1, 0.15) is 11.6 Å². The van der Waals surface area contributed by atoms with Crippen LogP contribution in [0.25, 0.3) is 16.7 Å². The van der Waals surface area contributed by atoms with E-state index in [1.807, 2.05) is 41.0 Å². The molecular formula is C15H11Br2ClN2O. The van der Waals surface area contributed by atoms with Crippen LogP contribution in [-0.2, 0) is 5.88 Å². The average Bonchev–Trinajstić information content (AvgIpc) is 2.84. The predicted octanol–water partition coefficient (Wildman–Crippen LogP) is 5.30. The maximum atomic E-state index is 6.08. The maximum Gasteiger partial charge on any atom is 0.142 e. The molecule has 1 heterocycles. The summed E-state index contributed by atoms with van der Waals surface area (Å²) < 4.78 is 9.46. The molecule has 0 aliphatic carbocycles. The summed E-state index contributed by atoms with van der Waals surface area (Å²) in [5.74, 6) is 1.87. The minimum Gasteiger partial charge on any atom is -0.495 e. The smallest absolute Gasteiger partial charge is 0.142 e. The van der Waals surface area contributed by atoms with Crippen LogP contribution >= 0.6 is 43.5 Å². The van der Waals surface area contributed by atoms with Crippen molar-refractivity contribution in [2.45, 2.75) is 5.88 Å². The molecule has 0 N–H and O–H groups in total. The Balaban J connectivity index is 2.38. The molecule has 2 aromatic carbocycles. The summed E-state index contributed by atoms with van der Waals surface area (Å²) in [6.07, 6.45) is 0. The summed E-state index contributed by atoms with van der Waals surface area (Å²) >= 11 is 13.1. The number of fused-ring (bicyclic) bond motifs is 1. The van der Waals surface area contributed by atoms with E-state index in [0.717, 1.165) is 37.2 Å². The Kier molecular flexibility index (Phi) is 4.24. The van der Waals surface area contributed by atoms with Gasteiger partial charge < -0.3 is 4.74 Å². The van der Waals surface area contributed by atoms with E-state index < -0.39 is 0 Å². The van der Waals surface area contributed by atoms with Crippen LogP contribution in [-0.4, -0.2) is 16.7 Å². The Morgan fingerprint density at radius 2 is 1.86 bits per heavy atom. The van der Waals surface area contributed by atoms with Gasteiger partial charge in [-0.15, -0.1) is 11.6 Å². The molecule has 0 aliphatic rings. The molecule has 0 amide bonds. The van der Waals surface area contributed by atoms with Crippen LogP contribution < -0.4 is 4.74 Å². The first kappa shape index (κ1) is 14.9. The Labute approximate surface area is 144 Å². The molecule has 0 atom stereocenters. The van der Waals surface area contributed by atoms with Crippen molar-refractivity contribution in [3.8, 4) is 11.4 Å². The maximum absolute atomic E-state index is 6.08. The van der Waals surface area contributed by atoms with Crippen LogP contribution in [0.4, 0.5) is 0 Å². The van der Waals surface area contributed by atoms with Gasteiger partial charge in [-0.05, 0) is 36.4 Å². The zero-order chi connectivity index (χ0) is 15.0. The lowest BCUT2D eigenvalue weighted by Crippen LogP contribution is -2.02. The molecule has 0 fully saturated rings. The summed E-state index contributed by atoms with van der Waals surface area (Å²) in [6, 6.07) is 11.8. The van der Waals surface area contributed by atoms with Gasteiger partial charge in [0, 0.05) is 8.95 Å². The average molecular weight is 431 g/mol. The number of rotatable bonds is 3. The van der Waals surface area contributed by atoms with Crippen LogP contribution in [0.5, 0.6) is 5.75 Å². The SMILES string of the molecule is COc1ccc(Br)cc1-n1c(CCl)nc2ccc(Br)cc21. The fourth-order valence-corrected chi connectivity index (χ4v) is 3.17. The summed E-state index contributed by atoms with van der Waals surface area (Å²) in [4.78, 5) is 4.59. The third-order valence-electron chi connectivity index (χ3n) is 3.19. The number of hydrogen-bond acceptors (Lipinski definition) is 2. The van der Waals surface area contributed by atoms with Crippen molar-refractivity contribution >= 4 is 54.5 Å². The number of halogens is 3. The molecule has 0 spiro atoms. The van der Waals surface area contributed by atoms with Crippen molar-refractivity contribution < 1.29 is 4.74 Å². The highest BCUT2D eigenvalue weighted by Gasteiger charge is 2.15. The molecule has 0 radical (unpaired) electrons. The van der Waals surface area contributed by atoms with E-state index in [9.17, 15) is 0 Å². The third kappa shape index (κ3) is 2.70. The highest BCUT2D eigenvalue weighted by Crippen LogP contribution is 2.32. The Morgan fingerprint density at radius 3 is 2.57 bits per heavy atom. The largest absolute Gasteiger partial charge is 0.495 e. The molecule has 0 saturated carbocycles. The molecule has 0 aliphatic heterocycles. The van der Waals surface area contributed by atoms with Gasteiger partial charge in [0.25, 0.3) is 0 Å².